The summed E-state index contributed by atoms with van der Waals surface area (Å²) < 4.78 is 0. The van der Waals surface area contributed by atoms with Crippen molar-refractivity contribution in [3.63, 3.8) is 0 Å². The zero-order valence-electron chi connectivity index (χ0n) is 22.5. The molecule has 0 aromatic carbocycles. The molecule has 3 aliphatic rings. The van der Waals surface area contributed by atoms with Crippen molar-refractivity contribution in [3.8, 4) is 0 Å². The van der Waals surface area contributed by atoms with Gasteiger partial charge in [0.1, 0.15) is 24.1 Å². The third kappa shape index (κ3) is 6.02. The zero-order chi connectivity index (χ0) is 26.7. The molecule has 1 aromatic heterocycles. The van der Waals surface area contributed by atoms with E-state index in [1.807, 2.05) is 20.8 Å². The van der Waals surface area contributed by atoms with Crippen LogP contribution in [-0.4, -0.2) is 63.5 Å². The Labute approximate surface area is 219 Å². The maximum absolute atomic E-state index is 13.9. The van der Waals surface area contributed by atoms with Crippen LogP contribution in [-0.2, 0) is 14.4 Å². The number of fused-ring (bicyclic) bond motifs is 1. The molecule has 5 unspecified atom stereocenters. The van der Waals surface area contributed by atoms with Crippen molar-refractivity contribution in [1.82, 2.24) is 25.5 Å². The van der Waals surface area contributed by atoms with E-state index in [0.29, 0.717) is 18.2 Å². The van der Waals surface area contributed by atoms with E-state index in [2.05, 4.69) is 20.6 Å². The zero-order valence-corrected chi connectivity index (χ0v) is 22.5. The van der Waals surface area contributed by atoms with Gasteiger partial charge in [0.05, 0.1) is 17.9 Å². The third-order valence-corrected chi connectivity index (χ3v) is 8.45. The molecule has 2 N–H and O–H groups in total. The van der Waals surface area contributed by atoms with E-state index in [1.165, 1.54) is 6.20 Å². The predicted octanol–water partition coefficient (Wildman–Crippen LogP) is 2.82. The number of aldehydes is 1. The lowest BCUT2D eigenvalue weighted by Crippen LogP contribution is -2.61. The molecule has 0 spiro atoms. The quantitative estimate of drug-likeness (QED) is 0.543. The summed E-state index contributed by atoms with van der Waals surface area (Å²) >= 11 is 0. The third-order valence-electron chi connectivity index (χ3n) is 8.45. The van der Waals surface area contributed by atoms with Gasteiger partial charge in [0.2, 0.25) is 11.8 Å². The highest BCUT2D eigenvalue weighted by molar-refractivity contribution is 5.97. The standard InChI is InChI=1S/C28H41N5O4/c1-17-13-29-14-21(30-17)25(35)31-23(18-9-6-5-7-10-18)26(36)32-24(28(2,3)4)27(37)33-15-19-11-8-12-20(19)22(33)16-34/h13-14,16,18-20,22-24H,5-12,15H2,1-4H3,(H,31,35)(H,32,36). The van der Waals surface area contributed by atoms with Gasteiger partial charge in [-0.1, -0.05) is 46.5 Å². The van der Waals surface area contributed by atoms with Gasteiger partial charge >= 0.3 is 0 Å². The molecule has 1 aromatic rings. The maximum atomic E-state index is 13.9. The van der Waals surface area contributed by atoms with Gasteiger partial charge < -0.3 is 20.3 Å². The predicted molar refractivity (Wildman–Crippen MR) is 138 cm³/mol. The first-order valence-electron chi connectivity index (χ1n) is 13.8. The Morgan fingerprint density at radius 1 is 1.03 bits per heavy atom. The Kier molecular flexibility index (Phi) is 8.29. The summed E-state index contributed by atoms with van der Waals surface area (Å²) in [7, 11) is 0. The lowest BCUT2D eigenvalue weighted by molar-refractivity contribution is -0.142. The summed E-state index contributed by atoms with van der Waals surface area (Å²) in [5, 5.41) is 5.93. The summed E-state index contributed by atoms with van der Waals surface area (Å²) in [6.07, 6.45) is 11.7. The Morgan fingerprint density at radius 3 is 2.41 bits per heavy atom. The van der Waals surface area contributed by atoms with Crippen LogP contribution in [0, 0.1) is 30.1 Å². The average molecular weight is 512 g/mol. The van der Waals surface area contributed by atoms with Gasteiger partial charge in [-0.15, -0.1) is 0 Å². The first-order chi connectivity index (χ1) is 17.6. The Morgan fingerprint density at radius 2 is 1.76 bits per heavy atom. The number of hydrogen-bond acceptors (Lipinski definition) is 6. The minimum atomic E-state index is -0.817. The number of aryl methyl sites for hydroxylation is 1. The largest absolute Gasteiger partial charge is 0.342 e. The Balaban J connectivity index is 1.55. The van der Waals surface area contributed by atoms with Crippen molar-refractivity contribution in [2.24, 2.45) is 23.2 Å². The van der Waals surface area contributed by atoms with Crippen molar-refractivity contribution in [2.75, 3.05) is 6.54 Å². The molecule has 3 amide bonds. The molecular weight excluding hydrogens is 470 g/mol. The van der Waals surface area contributed by atoms with E-state index in [4.69, 9.17) is 0 Å². The van der Waals surface area contributed by atoms with Gasteiger partial charge in [-0.05, 0) is 55.8 Å². The number of hydrogen-bond donors (Lipinski definition) is 2. The number of likely N-dealkylation sites (tertiary alicyclic amines) is 1. The van der Waals surface area contributed by atoms with Crippen molar-refractivity contribution in [3.05, 3.63) is 23.8 Å². The average Bonchev–Trinajstić information content (AvgIpc) is 3.46. The topological polar surface area (TPSA) is 121 Å². The molecule has 2 saturated carbocycles. The molecule has 1 saturated heterocycles. The van der Waals surface area contributed by atoms with Crippen molar-refractivity contribution >= 4 is 24.0 Å². The number of carbonyl (C=O) groups excluding carboxylic acids is 4. The van der Waals surface area contributed by atoms with Crippen molar-refractivity contribution in [1.29, 1.82) is 0 Å². The monoisotopic (exact) mass is 511 g/mol. The van der Waals surface area contributed by atoms with Crippen LogP contribution in [0.2, 0.25) is 0 Å². The molecule has 2 aliphatic carbocycles. The molecule has 1 aliphatic heterocycles. The minimum absolute atomic E-state index is 0.0277. The Hall–Kier alpha value is -2.84. The number of nitrogens with one attached hydrogen (secondary N) is 2. The van der Waals surface area contributed by atoms with Gasteiger partial charge in [0.15, 0.2) is 0 Å². The summed E-state index contributed by atoms with van der Waals surface area (Å²) in [6, 6.07) is -2.04. The maximum Gasteiger partial charge on any atom is 0.272 e. The van der Waals surface area contributed by atoms with Crippen LogP contribution in [0.1, 0.15) is 88.3 Å². The van der Waals surface area contributed by atoms with Crippen molar-refractivity contribution < 1.29 is 19.2 Å². The fraction of sp³-hybridized carbons (Fsp3) is 0.714. The lowest BCUT2D eigenvalue weighted by atomic mass is 9.82. The molecule has 9 heteroatoms. The van der Waals surface area contributed by atoms with Gasteiger partial charge in [0, 0.05) is 12.7 Å². The molecule has 202 valence electrons. The number of carbonyl (C=O) groups is 4. The highest BCUT2D eigenvalue weighted by Gasteiger charge is 2.49. The van der Waals surface area contributed by atoms with Crippen LogP contribution < -0.4 is 10.6 Å². The molecule has 0 bridgehead atoms. The first-order valence-corrected chi connectivity index (χ1v) is 13.8. The van der Waals surface area contributed by atoms with E-state index < -0.39 is 29.4 Å². The van der Waals surface area contributed by atoms with E-state index in [0.717, 1.165) is 57.7 Å². The lowest BCUT2D eigenvalue weighted by Gasteiger charge is -2.37. The van der Waals surface area contributed by atoms with Gasteiger partial charge in [-0.25, -0.2) is 4.98 Å². The summed E-state index contributed by atoms with van der Waals surface area (Å²) in [5.74, 6) is -0.501. The molecule has 3 fully saturated rings. The van der Waals surface area contributed by atoms with Gasteiger partial charge in [0.25, 0.3) is 5.91 Å². The van der Waals surface area contributed by atoms with Gasteiger partial charge in [-0.3, -0.25) is 19.4 Å². The second kappa shape index (κ2) is 11.3. The van der Waals surface area contributed by atoms with Crippen LogP contribution in [0.15, 0.2) is 12.4 Å². The molecule has 9 nitrogen and oxygen atoms in total. The molecule has 37 heavy (non-hydrogen) atoms. The summed E-state index contributed by atoms with van der Waals surface area (Å²) in [6.45, 7) is 8.07. The van der Waals surface area contributed by atoms with Crippen LogP contribution >= 0.6 is 0 Å². The first kappa shape index (κ1) is 27.2. The van der Waals surface area contributed by atoms with Crippen LogP contribution in [0.4, 0.5) is 0 Å². The molecule has 0 radical (unpaired) electrons. The van der Waals surface area contributed by atoms with Crippen LogP contribution in [0.25, 0.3) is 0 Å². The smallest absolute Gasteiger partial charge is 0.272 e. The fourth-order valence-electron chi connectivity index (χ4n) is 6.46. The minimum Gasteiger partial charge on any atom is -0.342 e. The highest BCUT2D eigenvalue weighted by atomic mass is 16.2. The number of amides is 3. The van der Waals surface area contributed by atoms with Crippen LogP contribution in [0.3, 0.4) is 0 Å². The SMILES string of the molecule is Cc1cncc(C(=O)NC(C(=O)NC(C(=O)N2CC3CCCC3C2C=O)C(C)(C)C)C2CCCCC2)n1. The highest BCUT2D eigenvalue weighted by Crippen LogP contribution is 2.42. The fourth-order valence-corrected chi connectivity index (χ4v) is 6.46. The molecule has 2 heterocycles. The second-order valence-corrected chi connectivity index (χ2v) is 12.2. The van der Waals surface area contributed by atoms with E-state index >= 15 is 0 Å². The van der Waals surface area contributed by atoms with Crippen LogP contribution in [0.5, 0.6) is 0 Å². The summed E-state index contributed by atoms with van der Waals surface area (Å²) in [5.41, 5.74) is 0.195. The van der Waals surface area contributed by atoms with Crippen molar-refractivity contribution in [2.45, 2.75) is 97.2 Å². The Bertz CT molecular complexity index is 1020. The van der Waals surface area contributed by atoms with E-state index in [1.54, 1.807) is 18.0 Å². The normalized spacial score (nSPS) is 25.7. The summed E-state index contributed by atoms with van der Waals surface area (Å²) in [4.78, 5) is 62.7. The van der Waals surface area contributed by atoms with E-state index in [-0.39, 0.29) is 29.3 Å². The molecular formula is C28H41N5O4. The number of rotatable bonds is 7. The number of aromatic nitrogens is 2. The van der Waals surface area contributed by atoms with E-state index in [9.17, 15) is 19.2 Å². The van der Waals surface area contributed by atoms with Gasteiger partial charge in [-0.2, -0.15) is 0 Å². The second-order valence-electron chi connectivity index (χ2n) is 12.2. The molecule has 5 atom stereocenters. The molecule has 4 rings (SSSR count). The number of nitrogens with zero attached hydrogens (tertiary/aromatic N) is 3.